The van der Waals surface area contributed by atoms with Gasteiger partial charge in [0.1, 0.15) is 11.4 Å². The van der Waals surface area contributed by atoms with Crippen LogP contribution in [-0.4, -0.2) is 54.1 Å². The van der Waals surface area contributed by atoms with Crippen LogP contribution in [0.4, 0.5) is 9.18 Å². The second-order valence-corrected chi connectivity index (χ2v) is 8.64. The molecule has 1 aromatic rings. The summed E-state index contributed by atoms with van der Waals surface area (Å²) >= 11 is 0. The van der Waals surface area contributed by atoms with E-state index in [9.17, 15) is 14.0 Å². The van der Waals surface area contributed by atoms with Gasteiger partial charge in [0.25, 0.3) is 0 Å². The summed E-state index contributed by atoms with van der Waals surface area (Å²) < 4.78 is 18.6. The monoisotopic (exact) mass is 392 g/mol. The van der Waals surface area contributed by atoms with Crippen LogP contribution in [0, 0.1) is 11.7 Å². The maximum atomic E-state index is 13.2. The molecule has 1 saturated heterocycles. The van der Waals surface area contributed by atoms with E-state index in [1.165, 1.54) is 12.1 Å². The molecule has 0 aromatic heterocycles. The summed E-state index contributed by atoms with van der Waals surface area (Å²) in [5.74, 6) is -0.134. The van der Waals surface area contributed by atoms with Crippen molar-refractivity contribution < 1.29 is 18.7 Å². The lowest BCUT2D eigenvalue weighted by molar-refractivity contribution is -0.132. The predicted molar refractivity (Wildman–Crippen MR) is 108 cm³/mol. The van der Waals surface area contributed by atoms with Crippen LogP contribution in [0.15, 0.2) is 24.3 Å². The number of hydrogen-bond acceptors (Lipinski definition) is 3. The van der Waals surface area contributed by atoms with Gasteiger partial charge in [-0.15, -0.1) is 0 Å². The number of halogens is 1. The molecule has 0 spiro atoms. The highest BCUT2D eigenvalue weighted by atomic mass is 19.1. The standard InChI is InChI=1S/C22H33FN2O3/c1-6-19(17-7-9-18(23)10-8-17)20(26)24(5)15-16-11-13-25(14-12-16)21(27)28-22(2,3)4/h7-10,16,19H,6,11-15H2,1-5H3. The van der Waals surface area contributed by atoms with Gasteiger partial charge < -0.3 is 14.5 Å². The summed E-state index contributed by atoms with van der Waals surface area (Å²) in [6.45, 7) is 9.53. The van der Waals surface area contributed by atoms with Gasteiger partial charge in [-0.3, -0.25) is 4.79 Å². The molecule has 1 unspecified atom stereocenters. The molecule has 2 amide bonds. The van der Waals surface area contributed by atoms with Gasteiger partial charge in [0, 0.05) is 26.7 Å². The summed E-state index contributed by atoms with van der Waals surface area (Å²) in [7, 11) is 1.83. The van der Waals surface area contributed by atoms with Gasteiger partial charge in [-0.25, -0.2) is 9.18 Å². The van der Waals surface area contributed by atoms with Crippen molar-refractivity contribution in [2.75, 3.05) is 26.7 Å². The summed E-state index contributed by atoms with van der Waals surface area (Å²) in [6.07, 6.45) is 2.11. The van der Waals surface area contributed by atoms with Crippen molar-refractivity contribution in [1.29, 1.82) is 0 Å². The van der Waals surface area contributed by atoms with E-state index >= 15 is 0 Å². The number of benzene rings is 1. The highest BCUT2D eigenvalue weighted by molar-refractivity contribution is 5.83. The predicted octanol–water partition coefficient (Wildman–Crippen LogP) is 4.42. The Hall–Kier alpha value is -2.11. The molecule has 2 rings (SSSR count). The summed E-state index contributed by atoms with van der Waals surface area (Å²) in [5, 5.41) is 0. The van der Waals surface area contributed by atoms with Crippen molar-refractivity contribution in [3.63, 3.8) is 0 Å². The van der Waals surface area contributed by atoms with Crippen LogP contribution in [0.25, 0.3) is 0 Å². The normalized spacial score (nSPS) is 16.6. The Morgan fingerprint density at radius 1 is 1.21 bits per heavy atom. The van der Waals surface area contributed by atoms with Gasteiger partial charge in [-0.05, 0) is 63.6 Å². The van der Waals surface area contributed by atoms with Gasteiger partial charge in [-0.2, -0.15) is 0 Å². The molecule has 6 heteroatoms. The van der Waals surface area contributed by atoms with Gasteiger partial charge in [0.2, 0.25) is 5.91 Å². The zero-order valence-electron chi connectivity index (χ0n) is 17.7. The lowest BCUT2D eigenvalue weighted by Gasteiger charge is -2.35. The average molecular weight is 393 g/mol. The van der Waals surface area contributed by atoms with Crippen molar-refractivity contribution in [2.45, 2.75) is 58.5 Å². The molecule has 0 radical (unpaired) electrons. The first-order chi connectivity index (χ1) is 13.1. The minimum atomic E-state index is -0.490. The van der Waals surface area contributed by atoms with E-state index in [2.05, 4.69) is 0 Å². The minimum Gasteiger partial charge on any atom is -0.444 e. The number of ether oxygens (including phenoxy) is 1. The van der Waals surface area contributed by atoms with Gasteiger partial charge in [0.05, 0.1) is 5.92 Å². The molecule has 0 N–H and O–H groups in total. The van der Waals surface area contributed by atoms with Crippen LogP contribution in [0.5, 0.6) is 0 Å². The van der Waals surface area contributed by atoms with Crippen LogP contribution in [0.2, 0.25) is 0 Å². The Labute approximate surface area is 167 Å². The summed E-state index contributed by atoms with van der Waals surface area (Å²) in [6, 6.07) is 6.18. The molecule has 1 heterocycles. The number of carbonyl (C=O) groups excluding carboxylic acids is 2. The smallest absolute Gasteiger partial charge is 0.410 e. The van der Waals surface area contributed by atoms with Crippen molar-refractivity contribution >= 4 is 12.0 Å². The van der Waals surface area contributed by atoms with Crippen molar-refractivity contribution in [3.05, 3.63) is 35.6 Å². The van der Waals surface area contributed by atoms with Gasteiger partial charge in [0.15, 0.2) is 0 Å². The molecule has 1 aliphatic rings. The number of hydrogen-bond donors (Lipinski definition) is 0. The van der Waals surface area contributed by atoms with Crippen molar-refractivity contribution in [2.24, 2.45) is 5.92 Å². The fourth-order valence-corrected chi connectivity index (χ4v) is 3.62. The molecule has 5 nitrogen and oxygen atoms in total. The maximum absolute atomic E-state index is 13.2. The van der Waals surface area contributed by atoms with Crippen LogP contribution < -0.4 is 0 Å². The third-order valence-electron chi connectivity index (χ3n) is 5.15. The molecule has 1 aliphatic heterocycles. The number of piperidine rings is 1. The van der Waals surface area contributed by atoms with Gasteiger partial charge in [-0.1, -0.05) is 19.1 Å². The molecule has 0 bridgehead atoms. The molecule has 0 aliphatic carbocycles. The first kappa shape index (κ1) is 22.2. The molecule has 1 atom stereocenters. The third-order valence-corrected chi connectivity index (χ3v) is 5.15. The highest BCUT2D eigenvalue weighted by Gasteiger charge is 2.29. The molecular weight excluding hydrogens is 359 g/mol. The lowest BCUT2D eigenvalue weighted by atomic mass is 9.93. The van der Waals surface area contributed by atoms with Crippen LogP contribution in [0.1, 0.15) is 58.4 Å². The molecule has 0 saturated carbocycles. The lowest BCUT2D eigenvalue weighted by Crippen LogP contribution is -2.44. The number of likely N-dealkylation sites (tertiary alicyclic amines) is 1. The second kappa shape index (κ2) is 9.39. The Balaban J connectivity index is 1.87. The van der Waals surface area contributed by atoms with E-state index in [1.54, 1.807) is 21.9 Å². The maximum Gasteiger partial charge on any atom is 0.410 e. The highest BCUT2D eigenvalue weighted by Crippen LogP contribution is 2.25. The van der Waals surface area contributed by atoms with E-state index in [0.717, 1.165) is 18.4 Å². The number of likely N-dealkylation sites (N-methyl/N-ethyl adjacent to an activating group) is 1. The Morgan fingerprint density at radius 3 is 2.29 bits per heavy atom. The van der Waals surface area contributed by atoms with E-state index in [0.29, 0.717) is 32.0 Å². The van der Waals surface area contributed by atoms with Gasteiger partial charge >= 0.3 is 6.09 Å². The number of nitrogens with zero attached hydrogens (tertiary/aromatic N) is 2. The van der Waals surface area contributed by atoms with Crippen molar-refractivity contribution in [3.8, 4) is 0 Å². The van der Waals surface area contributed by atoms with E-state index in [-0.39, 0.29) is 23.7 Å². The number of amides is 2. The van der Waals surface area contributed by atoms with E-state index < -0.39 is 5.60 Å². The fourth-order valence-electron chi connectivity index (χ4n) is 3.62. The topological polar surface area (TPSA) is 49.9 Å². The van der Waals surface area contributed by atoms with Crippen LogP contribution in [-0.2, 0) is 9.53 Å². The summed E-state index contributed by atoms with van der Waals surface area (Å²) in [4.78, 5) is 28.6. The van der Waals surface area contributed by atoms with Crippen LogP contribution >= 0.6 is 0 Å². The Morgan fingerprint density at radius 2 is 1.79 bits per heavy atom. The molecule has 1 aromatic carbocycles. The second-order valence-electron chi connectivity index (χ2n) is 8.64. The quantitative estimate of drug-likeness (QED) is 0.745. The Kier molecular flexibility index (Phi) is 7.44. The number of carbonyl (C=O) groups is 2. The Bertz CT molecular complexity index is 661. The largest absolute Gasteiger partial charge is 0.444 e. The minimum absolute atomic E-state index is 0.0590. The molecule has 28 heavy (non-hydrogen) atoms. The zero-order valence-corrected chi connectivity index (χ0v) is 17.7. The van der Waals surface area contributed by atoms with Crippen LogP contribution in [0.3, 0.4) is 0 Å². The van der Waals surface area contributed by atoms with E-state index in [4.69, 9.17) is 4.74 Å². The zero-order chi connectivity index (χ0) is 20.9. The SMILES string of the molecule is CCC(C(=O)N(C)CC1CCN(C(=O)OC(C)(C)C)CC1)c1ccc(F)cc1. The third kappa shape index (κ3) is 6.21. The fraction of sp³-hybridized carbons (Fsp3) is 0.636. The van der Waals surface area contributed by atoms with E-state index in [1.807, 2.05) is 34.7 Å². The first-order valence-corrected chi connectivity index (χ1v) is 10.1. The molecule has 156 valence electrons. The van der Waals surface area contributed by atoms with Crippen molar-refractivity contribution in [1.82, 2.24) is 9.80 Å². The summed E-state index contributed by atoms with van der Waals surface area (Å²) in [5.41, 5.74) is 0.358. The average Bonchev–Trinajstić information content (AvgIpc) is 2.63. The molecular formula is C22H33FN2O3. The number of rotatable bonds is 5. The first-order valence-electron chi connectivity index (χ1n) is 10.1. The molecule has 1 fully saturated rings.